The van der Waals surface area contributed by atoms with E-state index in [0.717, 1.165) is 5.13 Å². The molecule has 19 heavy (non-hydrogen) atoms. The molecule has 2 rings (SSSR count). The van der Waals surface area contributed by atoms with Crippen molar-refractivity contribution in [3.8, 4) is 0 Å². The number of carbonyl (C=O) groups excluding carboxylic acids is 1. The summed E-state index contributed by atoms with van der Waals surface area (Å²) in [7, 11) is 0. The van der Waals surface area contributed by atoms with Gasteiger partial charge in [-0.25, -0.2) is 14.6 Å². The van der Waals surface area contributed by atoms with Crippen LogP contribution in [0, 0.1) is 0 Å². The smallest absolute Gasteiger partial charge is 0.407 e. The highest BCUT2D eigenvalue weighted by molar-refractivity contribution is 7.17. The fourth-order valence-corrected chi connectivity index (χ4v) is 2.66. The third-order valence-electron chi connectivity index (χ3n) is 2.79. The van der Waals surface area contributed by atoms with E-state index < -0.39 is 6.09 Å². The van der Waals surface area contributed by atoms with Gasteiger partial charge in [-0.05, 0) is 6.92 Å². The number of nitrogens with zero attached hydrogens (tertiary/aromatic N) is 3. The van der Waals surface area contributed by atoms with E-state index in [0.29, 0.717) is 37.7 Å². The number of thiazole rings is 1. The van der Waals surface area contributed by atoms with E-state index >= 15 is 0 Å². The van der Waals surface area contributed by atoms with E-state index in [1.54, 1.807) is 6.92 Å². The molecule has 1 aromatic heterocycles. The fourth-order valence-electron chi connectivity index (χ4n) is 1.80. The average Bonchev–Trinajstić information content (AvgIpc) is 2.89. The molecule has 0 saturated carbocycles. The van der Waals surface area contributed by atoms with Gasteiger partial charge in [0.05, 0.1) is 12.8 Å². The van der Waals surface area contributed by atoms with Crippen LogP contribution in [0.5, 0.6) is 0 Å². The number of hydrogen-bond donors (Lipinski definition) is 1. The largest absolute Gasteiger partial charge is 0.465 e. The van der Waals surface area contributed by atoms with Gasteiger partial charge >= 0.3 is 12.1 Å². The fraction of sp³-hybridized carbons (Fsp3) is 0.545. The maximum Gasteiger partial charge on any atom is 0.407 e. The van der Waals surface area contributed by atoms with Crippen molar-refractivity contribution in [1.29, 1.82) is 0 Å². The lowest BCUT2D eigenvalue weighted by Crippen LogP contribution is -2.48. The quantitative estimate of drug-likeness (QED) is 0.838. The summed E-state index contributed by atoms with van der Waals surface area (Å²) in [6, 6.07) is 0. The number of aromatic nitrogens is 1. The number of carboxylic acid groups (broad SMARTS) is 1. The standard InChI is InChI=1S/C11H15N3O4S/c1-2-18-9(15)8-7-12-10(19-8)13-3-5-14(6-4-13)11(16)17/h7H,2-6H2,1H3,(H,16,17). The molecule has 0 bridgehead atoms. The van der Waals surface area contributed by atoms with Gasteiger partial charge in [0.15, 0.2) is 5.13 Å². The van der Waals surface area contributed by atoms with Crippen LogP contribution in [0.2, 0.25) is 0 Å². The van der Waals surface area contributed by atoms with Gasteiger partial charge in [0.2, 0.25) is 0 Å². The van der Waals surface area contributed by atoms with E-state index in [1.165, 1.54) is 22.4 Å². The lowest BCUT2D eigenvalue weighted by atomic mass is 10.3. The van der Waals surface area contributed by atoms with Crippen LogP contribution in [0.15, 0.2) is 6.20 Å². The highest BCUT2D eigenvalue weighted by Crippen LogP contribution is 2.24. The van der Waals surface area contributed by atoms with Crippen LogP contribution < -0.4 is 4.90 Å². The van der Waals surface area contributed by atoms with Crippen LogP contribution in [0.1, 0.15) is 16.6 Å². The number of ether oxygens (including phenoxy) is 1. The first-order valence-electron chi connectivity index (χ1n) is 5.97. The Morgan fingerprint density at radius 2 is 2.11 bits per heavy atom. The summed E-state index contributed by atoms with van der Waals surface area (Å²) >= 11 is 1.27. The molecule has 104 valence electrons. The van der Waals surface area contributed by atoms with E-state index in [2.05, 4.69) is 4.98 Å². The number of esters is 1. The van der Waals surface area contributed by atoms with Gasteiger partial charge in [-0.1, -0.05) is 11.3 Å². The molecular formula is C11H15N3O4S. The third-order valence-corrected chi connectivity index (χ3v) is 3.83. The van der Waals surface area contributed by atoms with E-state index in [-0.39, 0.29) is 5.97 Å². The van der Waals surface area contributed by atoms with Crippen LogP contribution in [0.4, 0.5) is 9.93 Å². The van der Waals surface area contributed by atoms with Crippen LogP contribution in [-0.2, 0) is 4.74 Å². The molecule has 1 N–H and O–H groups in total. The summed E-state index contributed by atoms with van der Waals surface area (Å²) in [5, 5.41) is 9.59. The van der Waals surface area contributed by atoms with Crippen molar-refractivity contribution in [3.05, 3.63) is 11.1 Å². The lowest BCUT2D eigenvalue weighted by Gasteiger charge is -2.32. The Hall–Kier alpha value is -1.83. The molecular weight excluding hydrogens is 270 g/mol. The zero-order chi connectivity index (χ0) is 13.8. The van der Waals surface area contributed by atoms with Crippen molar-refractivity contribution in [3.63, 3.8) is 0 Å². The molecule has 1 fully saturated rings. The Balaban J connectivity index is 1.97. The molecule has 0 atom stereocenters. The number of carbonyl (C=O) groups is 2. The van der Waals surface area contributed by atoms with Crippen LogP contribution in [-0.4, -0.2) is 59.8 Å². The summed E-state index contributed by atoms with van der Waals surface area (Å²) in [6.07, 6.45) is 0.604. The summed E-state index contributed by atoms with van der Waals surface area (Å²) in [6.45, 7) is 4.16. The number of anilines is 1. The van der Waals surface area contributed by atoms with Crippen molar-refractivity contribution in [2.75, 3.05) is 37.7 Å². The van der Waals surface area contributed by atoms with E-state index in [4.69, 9.17) is 9.84 Å². The Labute approximate surface area is 114 Å². The number of hydrogen-bond acceptors (Lipinski definition) is 6. The maximum atomic E-state index is 11.5. The Morgan fingerprint density at radius 1 is 1.42 bits per heavy atom. The minimum atomic E-state index is -0.897. The molecule has 2 heterocycles. The van der Waals surface area contributed by atoms with Crippen LogP contribution in [0.25, 0.3) is 0 Å². The molecule has 1 aliphatic heterocycles. The molecule has 1 saturated heterocycles. The number of rotatable bonds is 3. The van der Waals surface area contributed by atoms with Crippen molar-refractivity contribution in [2.24, 2.45) is 0 Å². The first-order valence-corrected chi connectivity index (χ1v) is 6.79. The highest BCUT2D eigenvalue weighted by atomic mass is 32.1. The Kier molecular flexibility index (Phi) is 4.20. The summed E-state index contributed by atoms with van der Waals surface area (Å²) < 4.78 is 4.90. The Morgan fingerprint density at radius 3 is 2.68 bits per heavy atom. The Bertz CT molecular complexity index is 468. The first kappa shape index (κ1) is 13.6. The second-order valence-corrected chi connectivity index (χ2v) is 4.99. The van der Waals surface area contributed by atoms with Crippen molar-refractivity contribution >= 4 is 28.5 Å². The molecule has 7 nitrogen and oxygen atoms in total. The molecule has 0 aromatic carbocycles. The van der Waals surface area contributed by atoms with Gasteiger partial charge in [0.1, 0.15) is 4.88 Å². The van der Waals surface area contributed by atoms with E-state index in [9.17, 15) is 9.59 Å². The predicted octanol–water partition coefficient (Wildman–Crippen LogP) is 1.12. The molecule has 0 aliphatic carbocycles. The second kappa shape index (κ2) is 5.87. The zero-order valence-corrected chi connectivity index (χ0v) is 11.4. The monoisotopic (exact) mass is 285 g/mol. The summed E-state index contributed by atoms with van der Waals surface area (Å²) in [5.74, 6) is -0.365. The maximum absolute atomic E-state index is 11.5. The summed E-state index contributed by atoms with van der Waals surface area (Å²) in [4.78, 5) is 30.3. The van der Waals surface area contributed by atoms with Gasteiger partial charge in [-0.15, -0.1) is 0 Å². The zero-order valence-electron chi connectivity index (χ0n) is 10.5. The SMILES string of the molecule is CCOC(=O)c1cnc(N2CCN(C(=O)O)CC2)s1. The normalized spacial score (nSPS) is 15.4. The molecule has 1 aliphatic rings. The van der Waals surface area contributed by atoms with Gasteiger partial charge in [-0.2, -0.15) is 0 Å². The molecule has 1 aromatic rings. The van der Waals surface area contributed by atoms with Crippen LogP contribution in [0.3, 0.4) is 0 Å². The molecule has 0 radical (unpaired) electrons. The molecule has 0 unspecified atom stereocenters. The van der Waals surface area contributed by atoms with Crippen LogP contribution >= 0.6 is 11.3 Å². The van der Waals surface area contributed by atoms with Gasteiger partial charge < -0.3 is 19.6 Å². The van der Waals surface area contributed by atoms with Crippen molar-refractivity contribution in [2.45, 2.75) is 6.92 Å². The molecule has 0 spiro atoms. The summed E-state index contributed by atoms with van der Waals surface area (Å²) in [5.41, 5.74) is 0. The predicted molar refractivity (Wildman–Crippen MR) is 69.9 cm³/mol. The molecule has 8 heteroatoms. The molecule has 1 amide bonds. The lowest BCUT2D eigenvalue weighted by molar-refractivity contribution is 0.0531. The topological polar surface area (TPSA) is 83.0 Å². The van der Waals surface area contributed by atoms with Gasteiger partial charge in [-0.3, -0.25) is 0 Å². The minimum Gasteiger partial charge on any atom is -0.465 e. The van der Waals surface area contributed by atoms with E-state index in [1.807, 2.05) is 4.90 Å². The van der Waals surface area contributed by atoms with Crippen molar-refractivity contribution < 1.29 is 19.4 Å². The second-order valence-electron chi connectivity index (χ2n) is 3.98. The number of piperazine rings is 1. The van der Waals surface area contributed by atoms with Gasteiger partial charge in [0.25, 0.3) is 0 Å². The third kappa shape index (κ3) is 3.14. The minimum absolute atomic E-state index is 0.337. The first-order chi connectivity index (χ1) is 9.11. The number of amides is 1. The van der Waals surface area contributed by atoms with Gasteiger partial charge in [0, 0.05) is 26.2 Å². The van der Waals surface area contributed by atoms with Crippen molar-refractivity contribution in [1.82, 2.24) is 9.88 Å². The average molecular weight is 285 g/mol. The highest BCUT2D eigenvalue weighted by Gasteiger charge is 2.23.